The highest BCUT2D eigenvalue weighted by molar-refractivity contribution is 4.90. The van der Waals surface area contributed by atoms with E-state index in [2.05, 4.69) is 22.4 Å². The van der Waals surface area contributed by atoms with Crippen molar-refractivity contribution in [3.63, 3.8) is 0 Å². The Labute approximate surface area is 95.1 Å². The molecule has 0 aromatic carbocycles. The molecule has 1 unspecified atom stereocenters. The molecule has 0 amide bonds. The summed E-state index contributed by atoms with van der Waals surface area (Å²) in [5.41, 5.74) is 6.04. The number of rotatable bonds is 3. The number of nitrogens with two attached hydrogens (primary N) is 1. The van der Waals surface area contributed by atoms with Crippen molar-refractivity contribution in [1.29, 1.82) is 0 Å². The fourth-order valence-corrected chi connectivity index (χ4v) is 2.03. The Balaban J connectivity index is 2.10. The monoisotopic (exact) mass is 225 g/mol. The van der Waals surface area contributed by atoms with E-state index in [1.807, 2.05) is 11.6 Å². The van der Waals surface area contributed by atoms with Crippen LogP contribution < -0.4 is 5.73 Å². The number of ether oxygens (including phenoxy) is 1. The summed E-state index contributed by atoms with van der Waals surface area (Å²) < 4.78 is 7.21. The first-order chi connectivity index (χ1) is 7.61. The second-order valence-electron chi connectivity index (χ2n) is 4.91. The van der Waals surface area contributed by atoms with Crippen LogP contribution in [0.2, 0.25) is 0 Å². The van der Waals surface area contributed by atoms with Gasteiger partial charge in [0.05, 0.1) is 12.6 Å². The van der Waals surface area contributed by atoms with Gasteiger partial charge < -0.3 is 10.5 Å². The third-order valence-corrected chi connectivity index (χ3v) is 3.20. The molecule has 1 aliphatic rings. The molecule has 1 aliphatic heterocycles. The average molecular weight is 225 g/mol. The van der Waals surface area contributed by atoms with Crippen LogP contribution in [0.4, 0.5) is 0 Å². The highest BCUT2D eigenvalue weighted by atomic mass is 16.5. The molecule has 0 saturated carbocycles. The van der Waals surface area contributed by atoms with Crippen molar-refractivity contribution in [2.45, 2.75) is 39.3 Å². The maximum absolute atomic E-state index is 5.82. The number of hydrogen-bond acceptors (Lipinski definition) is 5. The van der Waals surface area contributed by atoms with Gasteiger partial charge in [0, 0.05) is 13.2 Å². The Morgan fingerprint density at radius 1 is 1.50 bits per heavy atom. The van der Waals surface area contributed by atoms with Crippen molar-refractivity contribution in [2.75, 3.05) is 13.2 Å². The predicted molar refractivity (Wildman–Crippen MR) is 58.6 cm³/mol. The molecule has 6 nitrogen and oxygen atoms in total. The molecule has 16 heavy (non-hydrogen) atoms. The summed E-state index contributed by atoms with van der Waals surface area (Å²) in [5, 5.41) is 11.7. The second kappa shape index (κ2) is 4.47. The van der Waals surface area contributed by atoms with Gasteiger partial charge in [-0.15, -0.1) is 5.10 Å². The van der Waals surface area contributed by atoms with Crippen LogP contribution in [-0.4, -0.2) is 33.4 Å². The molecule has 2 rings (SSSR count). The molecule has 6 heteroatoms. The molecule has 0 aliphatic carbocycles. The Hall–Kier alpha value is -1.01. The lowest BCUT2D eigenvalue weighted by atomic mass is 9.82. The van der Waals surface area contributed by atoms with Gasteiger partial charge in [0.2, 0.25) is 0 Å². The molecular formula is C10H19N5O. The SMILES string of the molecule is CC(N)c1nnnn1CC1(C)CCOCC1. The van der Waals surface area contributed by atoms with E-state index in [4.69, 9.17) is 10.5 Å². The summed E-state index contributed by atoms with van der Waals surface area (Å²) in [7, 11) is 0. The maximum atomic E-state index is 5.82. The first-order valence-electron chi connectivity index (χ1n) is 5.70. The second-order valence-corrected chi connectivity index (χ2v) is 4.91. The number of aromatic nitrogens is 4. The maximum Gasteiger partial charge on any atom is 0.167 e. The fraction of sp³-hybridized carbons (Fsp3) is 0.900. The summed E-state index contributed by atoms with van der Waals surface area (Å²) in [6.07, 6.45) is 2.09. The van der Waals surface area contributed by atoms with Crippen LogP contribution in [0.5, 0.6) is 0 Å². The van der Waals surface area contributed by atoms with Gasteiger partial charge in [0.1, 0.15) is 0 Å². The molecule has 90 valence electrons. The van der Waals surface area contributed by atoms with Crippen molar-refractivity contribution in [1.82, 2.24) is 20.2 Å². The van der Waals surface area contributed by atoms with E-state index >= 15 is 0 Å². The van der Waals surface area contributed by atoms with E-state index < -0.39 is 0 Å². The van der Waals surface area contributed by atoms with Crippen LogP contribution in [0.15, 0.2) is 0 Å². The van der Waals surface area contributed by atoms with Gasteiger partial charge in [0.25, 0.3) is 0 Å². The van der Waals surface area contributed by atoms with Crippen LogP contribution in [-0.2, 0) is 11.3 Å². The molecule has 1 aromatic heterocycles. The molecule has 0 radical (unpaired) electrons. The van der Waals surface area contributed by atoms with Gasteiger partial charge in [-0.05, 0) is 35.6 Å². The average Bonchev–Trinajstić information content (AvgIpc) is 2.66. The van der Waals surface area contributed by atoms with Gasteiger partial charge in [-0.2, -0.15) is 0 Å². The lowest BCUT2D eigenvalue weighted by Gasteiger charge is -2.33. The van der Waals surface area contributed by atoms with Crippen molar-refractivity contribution in [2.24, 2.45) is 11.1 Å². The molecule has 1 aromatic rings. The normalized spacial score (nSPS) is 21.9. The molecule has 2 N–H and O–H groups in total. The van der Waals surface area contributed by atoms with Gasteiger partial charge in [-0.1, -0.05) is 6.92 Å². The zero-order chi connectivity index (χ0) is 11.6. The smallest absolute Gasteiger partial charge is 0.167 e. The molecular weight excluding hydrogens is 206 g/mol. The van der Waals surface area contributed by atoms with Gasteiger partial charge in [0.15, 0.2) is 5.82 Å². The largest absolute Gasteiger partial charge is 0.381 e. The van der Waals surface area contributed by atoms with E-state index in [1.165, 1.54) is 0 Å². The van der Waals surface area contributed by atoms with Gasteiger partial charge in [-0.3, -0.25) is 0 Å². The number of hydrogen-bond donors (Lipinski definition) is 1. The summed E-state index contributed by atoms with van der Waals surface area (Å²) in [6, 6.07) is -0.126. The minimum atomic E-state index is -0.126. The zero-order valence-electron chi connectivity index (χ0n) is 9.89. The van der Waals surface area contributed by atoms with Crippen LogP contribution >= 0.6 is 0 Å². The summed E-state index contributed by atoms with van der Waals surface area (Å²) in [4.78, 5) is 0. The Morgan fingerprint density at radius 3 is 2.81 bits per heavy atom. The standard InChI is InChI=1S/C10H19N5O/c1-8(11)9-12-13-14-15(9)7-10(2)3-5-16-6-4-10/h8H,3-7,11H2,1-2H3. The Morgan fingerprint density at radius 2 is 2.19 bits per heavy atom. The fourth-order valence-electron chi connectivity index (χ4n) is 2.03. The Kier molecular flexibility index (Phi) is 3.20. The highest BCUT2D eigenvalue weighted by Crippen LogP contribution is 2.31. The highest BCUT2D eigenvalue weighted by Gasteiger charge is 2.29. The summed E-state index contributed by atoms with van der Waals surface area (Å²) in [5.74, 6) is 0.757. The zero-order valence-corrected chi connectivity index (χ0v) is 9.89. The van der Waals surface area contributed by atoms with Crippen LogP contribution in [0.3, 0.4) is 0 Å². The van der Waals surface area contributed by atoms with Crippen molar-refractivity contribution in [3.8, 4) is 0 Å². The van der Waals surface area contributed by atoms with Crippen molar-refractivity contribution < 1.29 is 4.74 Å². The van der Waals surface area contributed by atoms with Crippen molar-refractivity contribution in [3.05, 3.63) is 5.82 Å². The van der Waals surface area contributed by atoms with Crippen LogP contribution in [0.25, 0.3) is 0 Å². The van der Waals surface area contributed by atoms with E-state index in [9.17, 15) is 0 Å². The lowest BCUT2D eigenvalue weighted by Crippen LogP contribution is -2.32. The first kappa shape index (κ1) is 11.5. The third kappa shape index (κ3) is 2.38. The minimum absolute atomic E-state index is 0.126. The van der Waals surface area contributed by atoms with Gasteiger partial charge in [-0.25, -0.2) is 4.68 Å². The van der Waals surface area contributed by atoms with Gasteiger partial charge >= 0.3 is 0 Å². The molecule has 0 spiro atoms. The summed E-state index contributed by atoms with van der Waals surface area (Å²) in [6.45, 7) is 6.62. The minimum Gasteiger partial charge on any atom is -0.381 e. The van der Waals surface area contributed by atoms with E-state index in [-0.39, 0.29) is 11.5 Å². The van der Waals surface area contributed by atoms with Crippen LogP contribution in [0.1, 0.15) is 38.6 Å². The summed E-state index contributed by atoms with van der Waals surface area (Å²) >= 11 is 0. The topological polar surface area (TPSA) is 78.9 Å². The van der Waals surface area contributed by atoms with Crippen molar-refractivity contribution >= 4 is 0 Å². The molecule has 2 heterocycles. The number of nitrogens with zero attached hydrogens (tertiary/aromatic N) is 4. The van der Waals surface area contributed by atoms with E-state index in [0.29, 0.717) is 0 Å². The molecule has 1 atom stereocenters. The Bertz CT molecular complexity index is 343. The lowest BCUT2D eigenvalue weighted by molar-refractivity contribution is 0.0130. The third-order valence-electron chi connectivity index (χ3n) is 3.20. The number of tetrazole rings is 1. The molecule has 1 saturated heterocycles. The van der Waals surface area contributed by atoms with Crippen LogP contribution in [0, 0.1) is 5.41 Å². The quantitative estimate of drug-likeness (QED) is 0.810. The molecule has 0 bridgehead atoms. The predicted octanol–water partition coefficient (Wildman–Crippen LogP) is 0.509. The van der Waals surface area contributed by atoms with E-state index in [0.717, 1.165) is 38.4 Å². The first-order valence-corrected chi connectivity index (χ1v) is 5.70. The molecule has 1 fully saturated rings. The van der Waals surface area contributed by atoms with E-state index in [1.54, 1.807) is 0 Å².